The van der Waals surface area contributed by atoms with Gasteiger partial charge in [0.05, 0.1) is 24.3 Å². The van der Waals surface area contributed by atoms with Gasteiger partial charge in [-0.1, -0.05) is 89.0 Å². The second-order valence-corrected chi connectivity index (χ2v) is 12.0. The lowest BCUT2D eigenvalue weighted by Crippen LogP contribution is -2.41. The number of hydrogen-bond acceptors (Lipinski definition) is 6. The van der Waals surface area contributed by atoms with Gasteiger partial charge in [-0.25, -0.2) is 9.59 Å². The van der Waals surface area contributed by atoms with Crippen LogP contribution < -0.4 is 9.47 Å². The Labute approximate surface area is 284 Å². The Morgan fingerprint density at radius 3 is 1.65 bits per heavy atom. The third-order valence-corrected chi connectivity index (χ3v) is 7.73. The molecule has 0 bridgehead atoms. The maximum absolute atomic E-state index is 13.0. The normalized spacial score (nSPS) is 12.4. The monoisotopic (exact) mass is 692 g/mol. The minimum absolute atomic E-state index is 0.150. The maximum atomic E-state index is 13.0. The number of benzene rings is 3. The lowest BCUT2D eigenvalue weighted by molar-refractivity contribution is -0.297. The summed E-state index contributed by atoms with van der Waals surface area (Å²) in [5.41, 5.74) is 2.06. The summed E-state index contributed by atoms with van der Waals surface area (Å²) in [7, 11) is 0. The van der Waals surface area contributed by atoms with Crippen molar-refractivity contribution in [3.63, 3.8) is 0 Å². The standard InChI is InChI=1S/C38H45F5O6/c1-3-4-5-6-7-8-9-10-11-12-25-47-33-21-19-32(20-22-33)36(45)49-34-23-17-30(18-24-34)29-13-15-31(16-14-29)35(44)48-28(2)26-46-27-37(39,40)38(41,42)43/h13-24,28H,3-12,25-27H2,1-2H3/t28-/m1/s1. The van der Waals surface area contributed by atoms with Crippen LogP contribution in [0.2, 0.25) is 0 Å². The molecule has 0 spiro atoms. The van der Waals surface area contributed by atoms with Crippen LogP contribution in [0.25, 0.3) is 11.1 Å². The van der Waals surface area contributed by atoms with Gasteiger partial charge < -0.3 is 18.9 Å². The topological polar surface area (TPSA) is 71.1 Å². The van der Waals surface area contributed by atoms with Crippen molar-refractivity contribution >= 4 is 11.9 Å². The first kappa shape index (κ1) is 39.4. The third kappa shape index (κ3) is 13.8. The molecule has 0 fully saturated rings. The number of unbranched alkanes of at least 4 members (excludes halogenated alkanes) is 9. The quantitative estimate of drug-likeness (QED) is 0.0479. The molecule has 0 amide bonds. The lowest BCUT2D eigenvalue weighted by atomic mass is 10.0. The van der Waals surface area contributed by atoms with Gasteiger partial charge in [-0.15, -0.1) is 0 Å². The Balaban J connectivity index is 1.37. The van der Waals surface area contributed by atoms with Crippen molar-refractivity contribution in [2.75, 3.05) is 19.8 Å². The Morgan fingerprint density at radius 1 is 0.633 bits per heavy atom. The van der Waals surface area contributed by atoms with Crippen LogP contribution in [0.15, 0.2) is 72.8 Å². The van der Waals surface area contributed by atoms with Crippen molar-refractivity contribution in [2.24, 2.45) is 0 Å². The average Bonchev–Trinajstić information content (AvgIpc) is 3.07. The van der Waals surface area contributed by atoms with E-state index in [-0.39, 0.29) is 5.56 Å². The van der Waals surface area contributed by atoms with Gasteiger partial charge >= 0.3 is 24.0 Å². The second kappa shape index (κ2) is 19.9. The van der Waals surface area contributed by atoms with E-state index in [0.717, 1.165) is 24.0 Å². The third-order valence-electron chi connectivity index (χ3n) is 7.73. The van der Waals surface area contributed by atoms with Gasteiger partial charge in [0.25, 0.3) is 0 Å². The van der Waals surface area contributed by atoms with E-state index in [4.69, 9.17) is 14.2 Å². The molecule has 0 heterocycles. The summed E-state index contributed by atoms with van der Waals surface area (Å²) in [6.45, 7) is 1.68. The van der Waals surface area contributed by atoms with Crippen molar-refractivity contribution in [3.05, 3.63) is 83.9 Å². The molecule has 1 atom stereocenters. The van der Waals surface area contributed by atoms with Crippen molar-refractivity contribution in [3.8, 4) is 22.6 Å². The van der Waals surface area contributed by atoms with Gasteiger partial charge in [0.2, 0.25) is 0 Å². The number of ether oxygens (including phenoxy) is 4. The number of alkyl halides is 5. The molecule has 0 aliphatic heterocycles. The Hall–Kier alpha value is -3.99. The fraction of sp³-hybridized carbons (Fsp3) is 0.474. The van der Waals surface area contributed by atoms with E-state index in [1.807, 2.05) is 0 Å². The first-order valence-corrected chi connectivity index (χ1v) is 16.8. The number of halogens is 5. The molecule has 0 N–H and O–H groups in total. The van der Waals surface area contributed by atoms with Crippen LogP contribution in [0.4, 0.5) is 22.0 Å². The SMILES string of the molecule is CCCCCCCCCCCCOc1ccc(C(=O)Oc2ccc(-c3ccc(C(=O)O[C@H](C)COCC(F)(F)C(F)(F)F)cc3)cc2)cc1. The minimum atomic E-state index is -5.73. The number of hydrogen-bond donors (Lipinski definition) is 0. The van der Waals surface area contributed by atoms with Crippen molar-refractivity contribution in [1.82, 2.24) is 0 Å². The lowest BCUT2D eigenvalue weighted by Gasteiger charge is -2.20. The summed E-state index contributed by atoms with van der Waals surface area (Å²) in [4.78, 5) is 25.0. The molecule has 0 saturated carbocycles. The van der Waals surface area contributed by atoms with E-state index < -0.39 is 43.4 Å². The summed E-state index contributed by atoms with van der Waals surface area (Å²) in [6, 6.07) is 19.9. The van der Waals surface area contributed by atoms with E-state index in [1.165, 1.54) is 70.4 Å². The molecule has 3 rings (SSSR count). The van der Waals surface area contributed by atoms with Gasteiger partial charge in [0.15, 0.2) is 0 Å². The van der Waals surface area contributed by atoms with Crippen molar-refractivity contribution in [1.29, 1.82) is 0 Å². The van der Waals surface area contributed by atoms with Crippen LogP contribution in [0.1, 0.15) is 98.8 Å². The molecule has 268 valence electrons. The van der Waals surface area contributed by atoms with E-state index in [0.29, 0.717) is 23.7 Å². The largest absolute Gasteiger partial charge is 0.494 e. The first-order chi connectivity index (χ1) is 23.4. The van der Waals surface area contributed by atoms with Crippen LogP contribution in [0.5, 0.6) is 11.5 Å². The molecule has 49 heavy (non-hydrogen) atoms. The summed E-state index contributed by atoms with van der Waals surface area (Å²) in [5.74, 6) is -5.25. The molecule has 0 aliphatic rings. The molecule has 3 aromatic carbocycles. The first-order valence-electron chi connectivity index (χ1n) is 16.8. The van der Waals surface area contributed by atoms with Gasteiger partial charge in [-0.05, 0) is 73.0 Å². The molecule has 0 unspecified atom stereocenters. The highest BCUT2D eigenvalue weighted by atomic mass is 19.4. The van der Waals surface area contributed by atoms with Gasteiger partial charge in [0, 0.05) is 0 Å². The highest BCUT2D eigenvalue weighted by molar-refractivity contribution is 5.91. The molecule has 11 heteroatoms. The van der Waals surface area contributed by atoms with Crippen LogP contribution in [-0.2, 0) is 9.47 Å². The molecular formula is C38H45F5O6. The predicted molar refractivity (Wildman–Crippen MR) is 177 cm³/mol. The zero-order valence-corrected chi connectivity index (χ0v) is 28.0. The summed E-state index contributed by atoms with van der Waals surface area (Å²) >= 11 is 0. The predicted octanol–water partition coefficient (Wildman–Crippen LogP) is 10.6. The van der Waals surface area contributed by atoms with Gasteiger partial charge in [-0.3, -0.25) is 0 Å². The molecule has 0 radical (unpaired) electrons. The fourth-order valence-corrected chi connectivity index (χ4v) is 4.87. The van der Waals surface area contributed by atoms with Gasteiger partial charge in [-0.2, -0.15) is 22.0 Å². The Morgan fingerprint density at radius 2 is 1.10 bits per heavy atom. The number of esters is 2. The minimum Gasteiger partial charge on any atom is -0.494 e. The van der Waals surface area contributed by atoms with Crippen LogP contribution in [0.3, 0.4) is 0 Å². The molecule has 0 aromatic heterocycles. The molecule has 6 nitrogen and oxygen atoms in total. The zero-order chi connectivity index (χ0) is 35.7. The summed E-state index contributed by atoms with van der Waals surface area (Å²) < 4.78 is 83.5. The number of carbonyl (C=O) groups excluding carboxylic acids is 2. The fourth-order valence-electron chi connectivity index (χ4n) is 4.87. The Kier molecular flexibility index (Phi) is 16.0. The van der Waals surface area contributed by atoms with Crippen molar-refractivity contribution in [2.45, 2.75) is 96.3 Å². The molecule has 0 aliphatic carbocycles. The number of rotatable bonds is 21. The summed E-state index contributed by atoms with van der Waals surface area (Å²) in [5, 5.41) is 0. The average molecular weight is 693 g/mol. The number of carbonyl (C=O) groups is 2. The van der Waals surface area contributed by atoms with Gasteiger partial charge in [0.1, 0.15) is 24.2 Å². The maximum Gasteiger partial charge on any atom is 0.455 e. The highest BCUT2D eigenvalue weighted by Gasteiger charge is 2.57. The molecular weight excluding hydrogens is 647 g/mol. The van der Waals surface area contributed by atoms with Crippen LogP contribution >= 0.6 is 0 Å². The smallest absolute Gasteiger partial charge is 0.455 e. The molecule has 3 aromatic rings. The van der Waals surface area contributed by atoms with E-state index >= 15 is 0 Å². The molecule has 0 saturated heterocycles. The highest BCUT2D eigenvalue weighted by Crippen LogP contribution is 2.35. The van der Waals surface area contributed by atoms with Crippen molar-refractivity contribution < 1.29 is 50.5 Å². The Bertz CT molecular complexity index is 1410. The zero-order valence-electron chi connectivity index (χ0n) is 28.0. The van der Waals surface area contributed by atoms with Crippen LogP contribution in [0, 0.1) is 0 Å². The van der Waals surface area contributed by atoms with E-state index in [2.05, 4.69) is 11.7 Å². The van der Waals surface area contributed by atoms with E-state index in [9.17, 15) is 31.5 Å². The van der Waals surface area contributed by atoms with E-state index in [1.54, 1.807) is 60.7 Å². The summed E-state index contributed by atoms with van der Waals surface area (Å²) in [6.07, 6.45) is 5.79. The van der Waals surface area contributed by atoms with Crippen LogP contribution in [-0.4, -0.2) is 50.0 Å². The second-order valence-electron chi connectivity index (χ2n) is 12.0.